The van der Waals surface area contributed by atoms with Crippen molar-refractivity contribution in [3.05, 3.63) is 106 Å². The zero-order valence-electron chi connectivity index (χ0n) is 17.8. The smallest absolute Gasteiger partial charge is 0.338 e. The van der Waals surface area contributed by atoms with Gasteiger partial charge in [-0.3, -0.25) is 9.20 Å². The summed E-state index contributed by atoms with van der Waals surface area (Å²) in [5, 5.41) is 0. The molecular formula is C25H22N2O5. The van der Waals surface area contributed by atoms with Gasteiger partial charge in [0, 0.05) is 11.8 Å². The summed E-state index contributed by atoms with van der Waals surface area (Å²) >= 11 is 0. The minimum Gasteiger partial charge on any atom is -0.493 e. The summed E-state index contributed by atoms with van der Waals surface area (Å²) in [5.74, 6) is 0.393. The first kappa shape index (κ1) is 21.1. The third-order valence-corrected chi connectivity index (χ3v) is 4.92. The van der Waals surface area contributed by atoms with Gasteiger partial charge in [0.2, 0.25) is 0 Å². The van der Waals surface area contributed by atoms with E-state index < -0.39 is 5.97 Å². The predicted molar refractivity (Wildman–Crippen MR) is 119 cm³/mol. The van der Waals surface area contributed by atoms with Crippen LogP contribution in [0.2, 0.25) is 0 Å². The monoisotopic (exact) mass is 430 g/mol. The van der Waals surface area contributed by atoms with Crippen molar-refractivity contribution in [3.63, 3.8) is 0 Å². The minimum atomic E-state index is -0.552. The Labute approximate surface area is 184 Å². The standard InChI is InChI=1S/C25H22N2O5/c1-17-7-6-10-23-26-20(14-24(28)27(17)23)16-32-25(29)19-11-12-21(22(13-19)30-2)31-15-18-8-4-3-5-9-18/h3-14H,15-16H2,1-2H3. The number of esters is 1. The van der Waals surface area contributed by atoms with E-state index in [0.29, 0.717) is 35.0 Å². The molecule has 4 rings (SSSR count). The van der Waals surface area contributed by atoms with Gasteiger partial charge in [-0.2, -0.15) is 0 Å². The van der Waals surface area contributed by atoms with Crippen LogP contribution >= 0.6 is 0 Å². The van der Waals surface area contributed by atoms with E-state index in [2.05, 4.69) is 4.98 Å². The van der Waals surface area contributed by atoms with Crippen molar-refractivity contribution in [2.75, 3.05) is 7.11 Å². The molecule has 0 unspecified atom stereocenters. The topological polar surface area (TPSA) is 79.1 Å². The maximum Gasteiger partial charge on any atom is 0.338 e. The van der Waals surface area contributed by atoms with Gasteiger partial charge in [0.25, 0.3) is 5.56 Å². The van der Waals surface area contributed by atoms with Crippen molar-refractivity contribution >= 4 is 11.6 Å². The van der Waals surface area contributed by atoms with E-state index in [1.54, 1.807) is 24.3 Å². The second kappa shape index (κ2) is 9.34. The number of aromatic nitrogens is 2. The number of aryl methyl sites for hydroxylation is 1. The number of carbonyl (C=O) groups excluding carboxylic acids is 1. The van der Waals surface area contributed by atoms with Gasteiger partial charge in [-0.1, -0.05) is 36.4 Å². The molecule has 4 aromatic rings. The molecule has 0 aliphatic carbocycles. The number of hydrogen-bond donors (Lipinski definition) is 0. The highest BCUT2D eigenvalue weighted by molar-refractivity contribution is 5.90. The van der Waals surface area contributed by atoms with E-state index in [0.717, 1.165) is 11.3 Å². The SMILES string of the molecule is COc1cc(C(=O)OCc2cc(=O)n3c(C)cccc3n2)ccc1OCc1ccccc1. The molecule has 0 bridgehead atoms. The molecule has 2 heterocycles. The molecule has 7 heteroatoms. The van der Waals surface area contributed by atoms with Crippen LogP contribution in [-0.4, -0.2) is 22.5 Å². The largest absolute Gasteiger partial charge is 0.493 e. The van der Waals surface area contributed by atoms with Gasteiger partial charge in [0.05, 0.1) is 18.4 Å². The number of methoxy groups -OCH3 is 1. The maximum atomic E-state index is 12.5. The number of hydrogen-bond acceptors (Lipinski definition) is 6. The Morgan fingerprint density at radius 3 is 2.53 bits per heavy atom. The van der Waals surface area contributed by atoms with Gasteiger partial charge in [-0.05, 0) is 42.8 Å². The summed E-state index contributed by atoms with van der Waals surface area (Å²) in [7, 11) is 1.51. The molecular weight excluding hydrogens is 408 g/mol. The molecule has 2 aromatic carbocycles. The first-order valence-electron chi connectivity index (χ1n) is 10.1. The molecule has 0 saturated carbocycles. The lowest BCUT2D eigenvalue weighted by atomic mass is 10.2. The molecule has 0 N–H and O–H groups in total. The number of pyridine rings is 1. The Morgan fingerprint density at radius 1 is 0.938 bits per heavy atom. The summed E-state index contributed by atoms with van der Waals surface area (Å²) in [5.41, 5.74) is 2.77. The third kappa shape index (κ3) is 4.62. The Bertz CT molecular complexity index is 1320. The summed E-state index contributed by atoms with van der Waals surface area (Å²) in [6.45, 7) is 2.09. The van der Waals surface area contributed by atoms with Gasteiger partial charge in [0.1, 0.15) is 18.9 Å². The molecule has 162 valence electrons. The van der Waals surface area contributed by atoms with Crippen molar-refractivity contribution in [1.29, 1.82) is 0 Å². The number of rotatable bonds is 7. The lowest BCUT2D eigenvalue weighted by Gasteiger charge is -2.12. The van der Waals surface area contributed by atoms with E-state index in [9.17, 15) is 9.59 Å². The van der Waals surface area contributed by atoms with Crippen LogP contribution in [0.1, 0.15) is 27.3 Å². The Balaban J connectivity index is 1.45. The lowest BCUT2D eigenvalue weighted by molar-refractivity contribution is 0.0467. The van der Waals surface area contributed by atoms with E-state index in [4.69, 9.17) is 14.2 Å². The normalized spacial score (nSPS) is 10.7. The second-order valence-electron chi connectivity index (χ2n) is 7.16. The molecule has 2 aromatic heterocycles. The Kier molecular flexibility index (Phi) is 6.17. The Morgan fingerprint density at radius 2 is 1.75 bits per heavy atom. The number of carbonyl (C=O) groups is 1. The van der Waals surface area contributed by atoms with Crippen molar-refractivity contribution in [2.45, 2.75) is 20.1 Å². The summed E-state index contributed by atoms with van der Waals surface area (Å²) in [4.78, 5) is 29.3. The van der Waals surface area contributed by atoms with Gasteiger partial charge in [0.15, 0.2) is 11.5 Å². The van der Waals surface area contributed by atoms with Gasteiger partial charge >= 0.3 is 5.97 Å². The molecule has 0 saturated heterocycles. The highest BCUT2D eigenvalue weighted by Crippen LogP contribution is 2.29. The van der Waals surface area contributed by atoms with Crippen LogP contribution in [-0.2, 0) is 18.0 Å². The summed E-state index contributed by atoms with van der Waals surface area (Å²) in [6.07, 6.45) is 0. The molecule has 0 spiro atoms. The van der Waals surface area contributed by atoms with E-state index >= 15 is 0 Å². The molecule has 0 atom stereocenters. The molecule has 32 heavy (non-hydrogen) atoms. The second-order valence-corrected chi connectivity index (χ2v) is 7.16. The fourth-order valence-electron chi connectivity index (χ4n) is 3.31. The van der Waals surface area contributed by atoms with Crippen LogP contribution in [0, 0.1) is 6.92 Å². The zero-order chi connectivity index (χ0) is 22.5. The quantitative estimate of drug-likeness (QED) is 0.413. The molecule has 0 fully saturated rings. The highest BCUT2D eigenvalue weighted by atomic mass is 16.5. The van der Waals surface area contributed by atoms with Crippen LogP contribution in [0.25, 0.3) is 5.65 Å². The molecule has 7 nitrogen and oxygen atoms in total. The summed E-state index contributed by atoms with van der Waals surface area (Å²) in [6, 6.07) is 21.3. The first-order valence-corrected chi connectivity index (χ1v) is 10.1. The fraction of sp³-hybridized carbons (Fsp3) is 0.160. The van der Waals surface area contributed by atoms with Gasteiger partial charge in [-0.15, -0.1) is 0 Å². The van der Waals surface area contributed by atoms with Crippen LogP contribution < -0.4 is 15.0 Å². The van der Waals surface area contributed by atoms with Crippen molar-refractivity contribution in [2.24, 2.45) is 0 Å². The van der Waals surface area contributed by atoms with E-state index in [-0.39, 0.29) is 12.2 Å². The van der Waals surface area contributed by atoms with Crippen LogP contribution in [0.4, 0.5) is 0 Å². The molecule has 0 aliphatic heterocycles. The van der Waals surface area contributed by atoms with Gasteiger partial charge in [-0.25, -0.2) is 9.78 Å². The minimum absolute atomic E-state index is 0.118. The molecule has 0 amide bonds. The zero-order valence-corrected chi connectivity index (χ0v) is 17.8. The van der Waals surface area contributed by atoms with Crippen molar-refractivity contribution in [3.8, 4) is 11.5 Å². The molecule has 0 radical (unpaired) electrons. The summed E-state index contributed by atoms with van der Waals surface area (Å²) < 4.78 is 18.1. The average molecular weight is 430 g/mol. The van der Waals surface area contributed by atoms with E-state index in [1.807, 2.05) is 49.4 Å². The van der Waals surface area contributed by atoms with Crippen molar-refractivity contribution in [1.82, 2.24) is 9.38 Å². The number of benzene rings is 2. The van der Waals surface area contributed by atoms with Crippen LogP contribution in [0.3, 0.4) is 0 Å². The van der Waals surface area contributed by atoms with Crippen LogP contribution in [0.5, 0.6) is 11.5 Å². The predicted octanol–water partition coefficient (Wildman–Crippen LogP) is 3.95. The maximum absolute atomic E-state index is 12.5. The number of nitrogens with zero attached hydrogens (tertiary/aromatic N) is 2. The number of ether oxygens (including phenoxy) is 3. The fourth-order valence-corrected chi connectivity index (χ4v) is 3.31. The average Bonchev–Trinajstić information content (AvgIpc) is 2.81. The van der Waals surface area contributed by atoms with E-state index in [1.165, 1.54) is 17.6 Å². The molecule has 0 aliphatic rings. The van der Waals surface area contributed by atoms with Crippen molar-refractivity contribution < 1.29 is 19.0 Å². The number of fused-ring (bicyclic) bond motifs is 1. The highest BCUT2D eigenvalue weighted by Gasteiger charge is 2.14. The lowest BCUT2D eigenvalue weighted by Crippen LogP contribution is -2.18. The van der Waals surface area contributed by atoms with Crippen LogP contribution in [0.15, 0.2) is 77.6 Å². The third-order valence-electron chi connectivity index (χ3n) is 4.92. The van der Waals surface area contributed by atoms with Gasteiger partial charge < -0.3 is 14.2 Å². The first-order chi connectivity index (χ1) is 15.5. The Hall–Kier alpha value is -4.13.